The van der Waals surface area contributed by atoms with Gasteiger partial charge in [0.1, 0.15) is 11.3 Å². The molecule has 0 atom stereocenters. The minimum atomic E-state index is 0.633. The van der Waals surface area contributed by atoms with Gasteiger partial charge in [-0.1, -0.05) is 6.07 Å². The number of hydrogen-bond donors (Lipinski definition) is 1. The van der Waals surface area contributed by atoms with E-state index < -0.39 is 0 Å². The molecule has 2 aromatic rings. The number of nitrogens with zero attached hydrogens (tertiary/aromatic N) is 2. The van der Waals surface area contributed by atoms with Gasteiger partial charge in [0.2, 0.25) is 0 Å². The molecule has 0 bridgehead atoms. The van der Waals surface area contributed by atoms with E-state index in [1.54, 1.807) is 12.5 Å². The van der Waals surface area contributed by atoms with Crippen LogP contribution in [0.4, 0.5) is 0 Å². The van der Waals surface area contributed by atoms with Gasteiger partial charge in [-0.05, 0) is 37.4 Å². The van der Waals surface area contributed by atoms with Crippen molar-refractivity contribution < 1.29 is 4.42 Å². The Hall–Kier alpha value is -1.33. The number of aryl methyl sites for hydroxylation is 1. The largest absolute Gasteiger partial charge is 0.439 e. The second-order valence-electron chi connectivity index (χ2n) is 3.35. The standard InChI is InChI=1S/C11H13N3OS/c1-8-7-15-11(14-8)16-10-9(6-12-2)4-3-5-13-10/h3-5,7,12H,6H2,1-2H3. The summed E-state index contributed by atoms with van der Waals surface area (Å²) in [6, 6.07) is 3.97. The van der Waals surface area contributed by atoms with Gasteiger partial charge in [-0.15, -0.1) is 0 Å². The summed E-state index contributed by atoms with van der Waals surface area (Å²) in [6.45, 7) is 2.69. The fourth-order valence-corrected chi connectivity index (χ4v) is 2.14. The summed E-state index contributed by atoms with van der Waals surface area (Å²) in [4.78, 5) is 8.57. The average Bonchev–Trinajstić information content (AvgIpc) is 2.67. The smallest absolute Gasteiger partial charge is 0.262 e. The van der Waals surface area contributed by atoms with Crippen LogP contribution in [0.1, 0.15) is 11.3 Å². The molecule has 0 aliphatic carbocycles. The lowest BCUT2D eigenvalue weighted by Gasteiger charge is -2.04. The third-order valence-corrected chi connectivity index (χ3v) is 2.92. The summed E-state index contributed by atoms with van der Waals surface area (Å²) in [5.41, 5.74) is 2.03. The Labute approximate surface area is 98.5 Å². The number of pyridine rings is 1. The molecule has 4 nitrogen and oxygen atoms in total. The summed E-state index contributed by atoms with van der Waals surface area (Å²) in [5.74, 6) is 0. The molecule has 0 fully saturated rings. The molecular weight excluding hydrogens is 222 g/mol. The Morgan fingerprint density at radius 1 is 1.50 bits per heavy atom. The summed E-state index contributed by atoms with van der Waals surface area (Å²) < 4.78 is 5.29. The summed E-state index contributed by atoms with van der Waals surface area (Å²) in [7, 11) is 1.91. The normalized spacial score (nSPS) is 10.6. The minimum absolute atomic E-state index is 0.633. The first kappa shape index (κ1) is 11.2. The van der Waals surface area contributed by atoms with Crippen LogP contribution in [-0.4, -0.2) is 17.0 Å². The van der Waals surface area contributed by atoms with Crippen LogP contribution in [0.5, 0.6) is 0 Å². The van der Waals surface area contributed by atoms with Gasteiger partial charge in [0.05, 0.1) is 5.69 Å². The quantitative estimate of drug-likeness (QED) is 0.880. The maximum absolute atomic E-state index is 5.29. The molecule has 0 spiro atoms. The molecule has 2 rings (SSSR count). The van der Waals surface area contributed by atoms with E-state index in [2.05, 4.69) is 15.3 Å². The zero-order valence-electron chi connectivity index (χ0n) is 9.23. The van der Waals surface area contributed by atoms with Gasteiger partial charge in [0.25, 0.3) is 5.22 Å². The molecule has 0 aliphatic heterocycles. The maximum atomic E-state index is 5.29. The van der Waals surface area contributed by atoms with Gasteiger partial charge in [-0.3, -0.25) is 0 Å². The van der Waals surface area contributed by atoms with E-state index in [4.69, 9.17) is 4.42 Å². The first-order valence-corrected chi connectivity index (χ1v) is 5.79. The van der Waals surface area contributed by atoms with Crippen molar-refractivity contribution in [2.24, 2.45) is 0 Å². The maximum Gasteiger partial charge on any atom is 0.262 e. The van der Waals surface area contributed by atoms with Crippen molar-refractivity contribution in [1.29, 1.82) is 0 Å². The van der Waals surface area contributed by atoms with Gasteiger partial charge in [-0.25, -0.2) is 9.97 Å². The Morgan fingerprint density at radius 2 is 2.38 bits per heavy atom. The molecular formula is C11H13N3OS. The Morgan fingerprint density at radius 3 is 3.06 bits per heavy atom. The third kappa shape index (κ3) is 2.62. The van der Waals surface area contributed by atoms with Gasteiger partial charge in [0.15, 0.2) is 0 Å². The van der Waals surface area contributed by atoms with E-state index in [1.807, 2.05) is 26.1 Å². The van der Waals surface area contributed by atoms with Gasteiger partial charge in [-0.2, -0.15) is 0 Å². The van der Waals surface area contributed by atoms with Crippen LogP contribution in [-0.2, 0) is 6.54 Å². The van der Waals surface area contributed by atoms with Crippen LogP contribution in [0.2, 0.25) is 0 Å². The van der Waals surface area contributed by atoms with Crippen molar-refractivity contribution in [2.45, 2.75) is 23.7 Å². The highest BCUT2D eigenvalue weighted by Gasteiger charge is 2.08. The van der Waals surface area contributed by atoms with E-state index in [0.717, 1.165) is 22.8 Å². The topological polar surface area (TPSA) is 51.0 Å². The van der Waals surface area contributed by atoms with Crippen LogP contribution >= 0.6 is 11.8 Å². The van der Waals surface area contributed by atoms with E-state index in [-0.39, 0.29) is 0 Å². The van der Waals surface area contributed by atoms with E-state index in [1.165, 1.54) is 11.8 Å². The van der Waals surface area contributed by atoms with Gasteiger partial charge < -0.3 is 9.73 Å². The number of rotatable bonds is 4. The van der Waals surface area contributed by atoms with Crippen molar-refractivity contribution >= 4 is 11.8 Å². The first-order chi connectivity index (χ1) is 7.79. The van der Waals surface area contributed by atoms with Crippen LogP contribution in [0.25, 0.3) is 0 Å². The van der Waals surface area contributed by atoms with Crippen LogP contribution in [0.15, 0.2) is 39.3 Å². The predicted octanol–water partition coefficient (Wildman–Crippen LogP) is 2.25. The van der Waals surface area contributed by atoms with Crippen molar-refractivity contribution in [3.63, 3.8) is 0 Å². The Kier molecular flexibility index (Phi) is 3.58. The Balaban J connectivity index is 2.20. The third-order valence-electron chi connectivity index (χ3n) is 2.00. The highest BCUT2D eigenvalue weighted by molar-refractivity contribution is 7.99. The SMILES string of the molecule is CNCc1cccnc1Sc1nc(C)co1. The zero-order valence-corrected chi connectivity index (χ0v) is 10.0. The van der Waals surface area contributed by atoms with Crippen molar-refractivity contribution in [3.8, 4) is 0 Å². The molecule has 2 aromatic heterocycles. The average molecular weight is 235 g/mol. The number of aromatic nitrogens is 2. The molecule has 0 amide bonds. The van der Waals surface area contributed by atoms with Crippen molar-refractivity contribution in [1.82, 2.24) is 15.3 Å². The lowest BCUT2D eigenvalue weighted by atomic mass is 10.3. The fraction of sp³-hybridized carbons (Fsp3) is 0.273. The molecule has 84 valence electrons. The number of nitrogens with one attached hydrogen (secondary N) is 1. The second-order valence-corrected chi connectivity index (χ2v) is 4.29. The molecule has 0 aliphatic rings. The van der Waals surface area contributed by atoms with E-state index >= 15 is 0 Å². The zero-order chi connectivity index (χ0) is 11.4. The lowest BCUT2D eigenvalue weighted by molar-refractivity contribution is 0.453. The minimum Gasteiger partial charge on any atom is -0.439 e. The fourth-order valence-electron chi connectivity index (χ4n) is 1.30. The van der Waals surface area contributed by atoms with Gasteiger partial charge in [0, 0.05) is 12.7 Å². The molecule has 0 unspecified atom stereocenters. The molecule has 0 aromatic carbocycles. The molecule has 1 N–H and O–H groups in total. The van der Waals surface area contributed by atoms with Crippen LogP contribution < -0.4 is 5.32 Å². The summed E-state index contributed by atoms with van der Waals surface area (Å²) in [6.07, 6.45) is 3.42. The Bertz CT molecular complexity index is 470. The lowest BCUT2D eigenvalue weighted by Crippen LogP contribution is -2.06. The van der Waals surface area contributed by atoms with Crippen LogP contribution in [0.3, 0.4) is 0 Å². The van der Waals surface area contributed by atoms with E-state index in [9.17, 15) is 0 Å². The van der Waals surface area contributed by atoms with Crippen molar-refractivity contribution in [2.75, 3.05) is 7.05 Å². The summed E-state index contributed by atoms with van der Waals surface area (Å²) >= 11 is 1.45. The van der Waals surface area contributed by atoms with Crippen LogP contribution in [0, 0.1) is 6.92 Å². The molecule has 0 radical (unpaired) electrons. The highest BCUT2D eigenvalue weighted by atomic mass is 32.2. The monoisotopic (exact) mass is 235 g/mol. The molecule has 0 saturated heterocycles. The molecule has 0 saturated carbocycles. The van der Waals surface area contributed by atoms with Crippen molar-refractivity contribution in [3.05, 3.63) is 35.9 Å². The van der Waals surface area contributed by atoms with E-state index in [0.29, 0.717) is 5.22 Å². The predicted molar refractivity (Wildman–Crippen MR) is 62.4 cm³/mol. The number of oxazole rings is 1. The highest BCUT2D eigenvalue weighted by Crippen LogP contribution is 2.27. The molecule has 5 heteroatoms. The molecule has 16 heavy (non-hydrogen) atoms. The number of hydrogen-bond acceptors (Lipinski definition) is 5. The van der Waals surface area contributed by atoms with Gasteiger partial charge >= 0.3 is 0 Å². The first-order valence-electron chi connectivity index (χ1n) is 4.98. The summed E-state index contributed by atoms with van der Waals surface area (Å²) in [5, 5.41) is 4.67. The second kappa shape index (κ2) is 5.14. The molecule has 2 heterocycles.